The Morgan fingerprint density at radius 1 is 1.12 bits per heavy atom. The van der Waals surface area contributed by atoms with E-state index >= 15 is 0 Å². The minimum absolute atomic E-state index is 0.128. The van der Waals surface area contributed by atoms with Crippen LogP contribution in [0.5, 0.6) is 11.5 Å². The number of hydrogen-bond donors (Lipinski definition) is 0. The number of aryl methyl sites for hydroxylation is 2. The van der Waals surface area contributed by atoms with Gasteiger partial charge in [-0.15, -0.1) is 0 Å². The van der Waals surface area contributed by atoms with Crippen LogP contribution in [-0.2, 0) is 17.5 Å². The highest BCUT2D eigenvalue weighted by atomic mass is 79.9. The first-order valence-electron chi connectivity index (χ1n) is 7.48. The number of halogens is 4. The molecule has 0 amide bonds. The number of ether oxygens (including phenoxy) is 3. The lowest BCUT2D eigenvalue weighted by Gasteiger charge is -2.17. The molecule has 0 unspecified atom stereocenters. The molecule has 2 rings (SSSR count). The van der Waals surface area contributed by atoms with E-state index in [1.807, 2.05) is 0 Å². The van der Waals surface area contributed by atoms with Crippen LogP contribution >= 0.6 is 15.9 Å². The van der Waals surface area contributed by atoms with E-state index < -0.39 is 17.9 Å². The fourth-order valence-corrected chi connectivity index (χ4v) is 2.65. The maximum Gasteiger partial charge on any atom is 0.513 e. The van der Waals surface area contributed by atoms with Crippen LogP contribution in [0.4, 0.5) is 18.0 Å². The second-order valence-corrected chi connectivity index (χ2v) is 6.35. The molecule has 140 valence electrons. The lowest BCUT2D eigenvalue weighted by atomic mass is 10.0. The molecule has 0 bridgehead atoms. The van der Waals surface area contributed by atoms with Crippen molar-refractivity contribution in [2.75, 3.05) is 7.11 Å². The Hall–Kier alpha value is -2.22. The molecule has 4 nitrogen and oxygen atoms in total. The lowest BCUT2D eigenvalue weighted by Crippen LogP contribution is -2.12. The molecule has 0 saturated heterocycles. The maximum atomic E-state index is 13.3. The number of carbonyl (C=O) groups excluding carboxylic acids is 1. The third-order valence-corrected chi connectivity index (χ3v) is 4.45. The molecule has 0 atom stereocenters. The van der Waals surface area contributed by atoms with Crippen molar-refractivity contribution in [3.63, 3.8) is 0 Å². The summed E-state index contributed by atoms with van der Waals surface area (Å²) in [5.41, 5.74) is 0.707. The molecular weight excluding hydrogens is 417 g/mol. The van der Waals surface area contributed by atoms with E-state index in [2.05, 4.69) is 20.7 Å². The zero-order valence-electron chi connectivity index (χ0n) is 14.2. The van der Waals surface area contributed by atoms with Crippen molar-refractivity contribution < 1.29 is 32.2 Å². The molecule has 0 spiro atoms. The SMILES string of the molecule is COC(=O)Oc1cccc(Br)c1COc1cc(C)c(C)cc1C(F)(F)F. The van der Waals surface area contributed by atoms with Gasteiger partial charge in [0.1, 0.15) is 18.1 Å². The fraction of sp³-hybridized carbons (Fsp3) is 0.278. The quantitative estimate of drug-likeness (QED) is 0.451. The monoisotopic (exact) mass is 432 g/mol. The Labute approximate surface area is 157 Å². The van der Waals surface area contributed by atoms with E-state index in [1.165, 1.54) is 12.1 Å². The molecule has 8 heteroatoms. The summed E-state index contributed by atoms with van der Waals surface area (Å²) in [4.78, 5) is 11.3. The number of carbonyl (C=O) groups is 1. The summed E-state index contributed by atoms with van der Waals surface area (Å²) in [6.07, 6.45) is -5.49. The molecule has 26 heavy (non-hydrogen) atoms. The molecule has 0 aliphatic carbocycles. The van der Waals surface area contributed by atoms with Gasteiger partial charge in [-0.3, -0.25) is 0 Å². The molecule has 0 aliphatic heterocycles. The first-order valence-corrected chi connectivity index (χ1v) is 8.27. The first-order chi connectivity index (χ1) is 12.1. The van der Waals surface area contributed by atoms with Crippen molar-refractivity contribution in [3.8, 4) is 11.5 Å². The zero-order chi connectivity index (χ0) is 19.5. The average molecular weight is 433 g/mol. The molecule has 0 fully saturated rings. The molecule has 0 saturated carbocycles. The van der Waals surface area contributed by atoms with Gasteiger partial charge < -0.3 is 14.2 Å². The molecule has 0 aromatic heterocycles. The van der Waals surface area contributed by atoms with Crippen LogP contribution in [0.1, 0.15) is 22.3 Å². The van der Waals surface area contributed by atoms with Gasteiger partial charge in [0.05, 0.1) is 12.7 Å². The highest BCUT2D eigenvalue weighted by molar-refractivity contribution is 9.10. The summed E-state index contributed by atoms with van der Waals surface area (Å²) in [5.74, 6) is -0.163. The normalized spacial score (nSPS) is 11.2. The van der Waals surface area contributed by atoms with E-state index in [1.54, 1.807) is 26.0 Å². The minimum atomic E-state index is -4.55. The number of alkyl halides is 3. The van der Waals surface area contributed by atoms with Gasteiger partial charge in [-0.25, -0.2) is 4.79 Å². The third-order valence-electron chi connectivity index (χ3n) is 3.71. The van der Waals surface area contributed by atoms with Crippen LogP contribution in [0.2, 0.25) is 0 Å². The highest BCUT2D eigenvalue weighted by Gasteiger charge is 2.35. The summed E-state index contributed by atoms with van der Waals surface area (Å²) in [5, 5.41) is 0. The largest absolute Gasteiger partial charge is 0.513 e. The first kappa shape index (κ1) is 20.1. The number of rotatable bonds is 4. The van der Waals surface area contributed by atoms with Gasteiger partial charge in [-0.1, -0.05) is 22.0 Å². The van der Waals surface area contributed by atoms with Crippen LogP contribution in [0.3, 0.4) is 0 Å². The van der Waals surface area contributed by atoms with Crippen LogP contribution in [0.25, 0.3) is 0 Å². The summed E-state index contributed by atoms with van der Waals surface area (Å²) in [6, 6.07) is 7.16. The maximum absolute atomic E-state index is 13.3. The topological polar surface area (TPSA) is 44.8 Å². The molecule has 0 N–H and O–H groups in total. The highest BCUT2D eigenvalue weighted by Crippen LogP contribution is 2.39. The van der Waals surface area contributed by atoms with Crippen LogP contribution in [0, 0.1) is 13.8 Å². The van der Waals surface area contributed by atoms with Crippen molar-refractivity contribution in [2.24, 2.45) is 0 Å². The second-order valence-electron chi connectivity index (χ2n) is 5.49. The number of methoxy groups -OCH3 is 1. The van der Waals surface area contributed by atoms with Crippen molar-refractivity contribution in [3.05, 3.63) is 57.1 Å². The third kappa shape index (κ3) is 4.69. The minimum Gasteiger partial charge on any atom is -0.488 e. The van der Waals surface area contributed by atoms with Gasteiger partial charge in [-0.2, -0.15) is 13.2 Å². The Balaban J connectivity index is 2.35. The molecule has 2 aromatic rings. The molecular formula is C18H16BrF3O4. The van der Waals surface area contributed by atoms with Crippen molar-refractivity contribution in [2.45, 2.75) is 26.6 Å². The predicted molar refractivity (Wildman–Crippen MR) is 92.4 cm³/mol. The molecule has 2 aromatic carbocycles. The summed E-state index contributed by atoms with van der Waals surface area (Å²) < 4.78 is 55.3. The van der Waals surface area contributed by atoms with E-state index in [-0.39, 0.29) is 18.1 Å². The van der Waals surface area contributed by atoms with Gasteiger partial charge in [0.15, 0.2) is 0 Å². The molecule has 0 aliphatic rings. The zero-order valence-corrected chi connectivity index (χ0v) is 15.8. The fourth-order valence-electron chi connectivity index (χ4n) is 2.19. The lowest BCUT2D eigenvalue weighted by molar-refractivity contribution is -0.139. The summed E-state index contributed by atoms with van der Waals surface area (Å²) in [7, 11) is 1.15. The Morgan fingerprint density at radius 3 is 2.38 bits per heavy atom. The van der Waals surface area contributed by atoms with Crippen molar-refractivity contribution in [1.29, 1.82) is 0 Å². The smallest absolute Gasteiger partial charge is 0.488 e. The number of benzene rings is 2. The van der Waals surface area contributed by atoms with E-state index in [9.17, 15) is 18.0 Å². The second kappa shape index (κ2) is 7.99. The Kier molecular flexibility index (Phi) is 6.17. The predicted octanol–water partition coefficient (Wildman–Crippen LogP) is 5.81. The Bertz CT molecular complexity index is 819. The molecule has 0 heterocycles. The van der Waals surface area contributed by atoms with E-state index in [0.29, 0.717) is 21.2 Å². The van der Waals surface area contributed by atoms with Crippen molar-refractivity contribution in [1.82, 2.24) is 0 Å². The van der Waals surface area contributed by atoms with Crippen molar-refractivity contribution >= 4 is 22.1 Å². The van der Waals surface area contributed by atoms with E-state index in [0.717, 1.165) is 13.2 Å². The van der Waals surface area contributed by atoms with Gasteiger partial charge >= 0.3 is 12.3 Å². The number of hydrogen-bond acceptors (Lipinski definition) is 4. The summed E-state index contributed by atoms with van der Waals surface area (Å²) >= 11 is 3.28. The van der Waals surface area contributed by atoms with Crippen LogP contribution < -0.4 is 9.47 Å². The van der Waals surface area contributed by atoms with Gasteiger partial charge in [-0.05, 0) is 49.2 Å². The standard InChI is InChI=1S/C18H16BrF3O4/c1-10-7-13(18(20,21)22)16(8-11(10)2)25-9-12-14(19)5-4-6-15(12)26-17(23)24-3/h4-8H,9H2,1-3H3. The van der Waals surface area contributed by atoms with Crippen LogP contribution in [0.15, 0.2) is 34.8 Å². The Morgan fingerprint density at radius 2 is 1.77 bits per heavy atom. The van der Waals surface area contributed by atoms with Gasteiger partial charge in [0, 0.05) is 10.0 Å². The molecule has 0 radical (unpaired) electrons. The van der Waals surface area contributed by atoms with Gasteiger partial charge in [0.2, 0.25) is 0 Å². The van der Waals surface area contributed by atoms with Gasteiger partial charge in [0.25, 0.3) is 0 Å². The van der Waals surface area contributed by atoms with E-state index in [4.69, 9.17) is 9.47 Å². The van der Waals surface area contributed by atoms with Crippen LogP contribution in [-0.4, -0.2) is 13.3 Å². The summed E-state index contributed by atoms with van der Waals surface area (Å²) in [6.45, 7) is 3.07. The average Bonchev–Trinajstić information content (AvgIpc) is 2.56.